The summed E-state index contributed by atoms with van der Waals surface area (Å²) in [5.41, 5.74) is 2.49. The van der Waals surface area contributed by atoms with Gasteiger partial charge in [0, 0.05) is 17.5 Å². The molecule has 0 saturated heterocycles. The predicted molar refractivity (Wildman–Crippen MR) is 101 cm³/mol. The Kier molecular flexibility index (Phi) is 6.48. The number of para-hydroxylation sites is 2. The van der Waals surface area contributed by atoms with Crippen LogP contribution in [0.15, 0.2) is 59.3 Å². The van der Waals surface area contributed by atoms with E-state index in [1.165, 1.54) is 12.4 Å². The maximum atomic E-state index is 10.2. The number of hydrogen-bond donors (Lipinski definition) is 3. The number of benzene rings is 2. The van der Waals surface area contributed by atoms with Gasteiger partial charge in [0.15, 0.2) is 0 Å². The molecule has 0 aliphatic rings. The molecule has 3 N–H and O–H groups in total. The highest BCUT2D eigenvalue weighted by atomic mass is 16.3. The van der Waals surface area contributed by atoms with Crippen molar-refractivity contribution < 1.29 is 15.3 Å². The molecule has 0 aromatic heterocycles. The number of nitrogens with zero attached hydrogens (tertiary/aromatic N) is 2. The monoisotopic (exact) mass is 338 g/mol. The van der Waals surface area contributed by atoms with Crippen molar-refractivity contribution >= 4 is 12.4 Å². The number of allylic oxidation sites excluding steroid dienone is 1. The molecule has 5 heteroatoms. The molecule has 0 aliphatic carbocycles. The highest BCUT2D eigenvalue weighted by molar-refractivity contribution is 5.87. The molecule has 1 atom stereocenters. The average molecular weight is 338 g/mol. The summed E-state index contributed by atoms with van der Waals surface area (Å²) in [6.45, 7) is 5.33. The van der Waals surface area contributed by atoms with E-state index in [-0.39, 0.29) is 11.5 Å². The lowest BCUT2D eigenvalue weighted by Gasteiger charge is -2.08. The standard InChI is InChI=1S/C20H22N2O3/c1-3-6-15-7-4-9-17(19(15)24)12-21-22-13-18-10-5-8-16(20(18)25)11-14(2)23/h3-5,7-10,12-14,23-25H,1,6,11H2,2H3. The Balaban J connectivity index is 2.15. The summed E-state index contributed by atoms with van der Waals surface area (Å²) < 4.78 is 0. The zero-order valence-corrected chi connectivity index (χ0v) is 14.1. The first-order valence-electron chi connectivity index (χ1n) is 8.00. The van der Waals surface area contributed by atoms with Gasteiger partial charge in [-0.3, -0.25) is 0 Å². The number of phenolic OH excluding ortho intramolecular Hbond substituents is 2. The number of aromatic hydroxyl groups is 2. The fourth-order valence-corrected chi connectivity index (χ4v) is 2.43. The molecule has 0 radical (unpaired) electrons. The van der Waals surface area contributed by atoms with Crippen LogP contribution in [0.3, 0.4) is 0 Å². The number of phenols is 2. The van der Waals surface area contributed by atoms with Crippen molar-refractivity contribution in [2.45, 2.75) is 25.9 Å². The van der Waals surface area contributed by atoms with Crippen LogP contribution in [0.1, 0.15) is 29.2 Å². The van der Waals surface area contributed by atoms with Gasteiger partial charge in [-0.05, 0) is 36.6 Å². The van der Waals surface area contributed by atoms with E-state index in [0.717, 1.165) is 5.56 Å². The number of hydrogen-bond acceptors (Lipinski definition) is 5. The third-order valence-electron chi connectivity index (χ3n) is 3.64. The lowest BCUT2D eigenvalue weighted by atomic mass is 10.0. The van der Waals surface area contributed by atoms with Crippen LogP contribution in [0.25, 0.3) is 0 Å². The molecule has 2 aromatic rings. The van der Waals surface area contributed by atoms with Gasteiger partial charge in [0.25, 0.3) is 0 Å². The van der Waals surface area contributed by atoms with Crippen molar-refractivity contribution in [2.24, 2.45) is 10.2 Å². The topological polar surface area (TPSA) is 85.4 Å². The number of aliphatic hydroxyl groups is 1. The summed E-state index contributed by atoms with van der Waals surface area (Å²) in [6, 6.07) is 10.6. The Hall–Kier alpha value is -2.92. The molecule has 0 heterocycles. The Morgan fingerprint density at radius 1 is 0.960 bits per heavy atom. The first-order chi connectivity index (χ1) is 12.0. The summed E-state index contributed by atoms with van der Waals surface area (Å²) in [5.74, 6) is 0.237. The van der Waals surface area contributed by atoms with E-state index in [1.54, 1.807) is 37.3 Å². The van der Waals surface area contributed by atoms with Gasteiger partial charge in [-0.2, -0.15) is 10.2 Å². The molecule has 0 spiro atoms. The zero-order chi connectivity index (χ0) is 18.2. The number of aliphatic hydroxyl groups excluding tert-OH is 1. The molecule has 0 amide bonds. The van der Waals surface area contributed by atoms with Crippen molar-refractivity contribution in [1.82, 2.24) is 0 Å². The van der Waals surface area contributed by atoms with Crippen molar-refractivity contribution in [3.8, 4) is 11.5 Å². The molecule has 2 rings (SSSR count). The Morgan fingerprint density at radius 3 is 2.00 bits per heavy atom. The van der Waals surface area contributed by atoms with Crippen LogP contribution in [0, 0.1) is 0 Å². The first kappa shape index (κ1) is 18.4. The van der Waals surface area contributed by atoms with Crippen molar-refractivity contribution in [2.75, 3.05) is 0 Å². The second-order valence-electron chi connectivity index (χ2n) is 5.75. The van der Waals surface area contributed by atoms with E-state index in [2.05, 4.69) is 16.8 Å². The van der Waals surface area contributed by atoms with E-state index >= 15 is 0 Å². The fourth-order valence-electron chi connectivity index (χ4n) is 2.43. The molecule has 25 heavy (non-hydrogen) atoms. The van der Waals surface area contributed by atoms with Crippen LogP contribution >= 0.6 is 0 Å². The summed E-state index contributed by atoms with van der Waals surface area (Å²) in [7, 11) is 0. The SMILES string of the molecule is C=CCc1cccc(C=NN=Cc2cccc(CC(C)O)c2O)c1O. The highest BCUT2D eigenvalue weighted by Gasteiger charge is 2.08. The van der Waals surface area contributed by atoms with Gasteiger partial charge in [-0.15, -0.1) is 6.58 Å². The van der Waals surface area contributed by atoms with E-state index in [1.807, 2.05) is 12.1 Å². The van der Waals surface area contributed by atoms with E-state index in [4.69, 9.17) is 0 Å². The molecule has 130 valence electrons. The largest absolute Gasteiger partial charge is 0.507 e. The minimum absolute atomic E-state index is 0.0816. The predicted octanol–water partition coefficient (Wildman–Crippen LogP) is 3.20. The van der Waals surface area contributed by atoms with Crippen LogP contribution < -0.4 is 0 Å². The quantitative estimate of drug-likeness (QED) is 0.412. The molecule has 0 saturated carbocycles. The molecular weight excluding hydrogens is 316 g/mol. The normalized spacial score (nSPS) is 12.7. The van der Waals surface area contributed by atoms with Crippen molar-refractivity contribution in [3.05, 3.63) is 71.3 Å². The van der Waals surface area contributed by atoms with Gasteiger partial charge < -0.3 is 15.3 Å². The van der Waals surface area contributed by atoms with Gasteiger partial charge >= 0.3 is 0 Å². The van der Waals surface area contributed by atoms with Gasteiger partial charge in [0.2, 0.25) is 0 Å². The summed E-state index contributed by atoms with van der Waals surface area (Å²) in [4.78, 5) is 0. The lowest BCUT2D eigenvalue weighted by molar-refractivity contribution is 0.194. The molecule has 0 bridgehead atoms. The summed E-state index contributed by atoms with van der Waals surface area (Å²) >= 11 is 0. The third-order valence-corrected chi connectivity index (χ3v) is 3.64. The molecule has 1 unspecified atom stereocenters. The minimum Gasteiger partial charge on any atom is -0.507 e. The van der Waals surface area contributed by atoms with Crippen LogP contribution in [0.4, 0.5) is 0 Å². The van der Waals surface area contributed by atoms with Gasteiger partial charge in [0.1, 0.15) is 11.5 Å². The van der Waals surface area contributed by atoms with E-state index < -0.39 is 6.10 Å². The van der Waals surface area contributed by atoms with Gasteiger partial charge in [-0.25, -0.2) is 0 Å². The number of rotatable bonds is 7. The smallest absolute Gasteiger partial charge is 0.127 e. The maximum absolute atomic E-state index is 10.2. The first-order valence-corrected chi connectivity index (χ1v) is 8.00. The fraction of sp³-hybridized carbons (Fsp3) is 0.200. The average Bonchev–Trinajstić information content (AvgIpc) is 2.57. The molecular formula is C20H22N2O3. The van der Waals surface area contributed by atoms with E-state index in [9.17, 15) is 15.3 Å². The van der Waals surface area contributed by atoms with Gasteiger partial charge in [0.05, 0.1) is 18.5 Å². The minimum atomic E-state index is -0.540. The molecule has 0 fully saturated rings. The van der Waals surface area contributed by atoms with Crippen LogP contribution in [-0.4, -0.2) is 33.9 Å². The lowest BCUT2D eigenvalue weighted by Crippen LogP contribution is -2.04. The Labute approximate surface area is 147 Å². The highest BCUT2D eigenvalue weighted by Crippen LogP contribution is 2.23. The second kappa shape index (κ2) is 8.80. The molecule has 5 nitrogen and oxygen atoms in total. The van der Waals surface area contributed by atoms with Crippen LogP contribution in [0.2, 0.25) is 0 Å². The maximum Gasteiger partial charge on any atom is 0.127 e. The van der Waals surface area contributed by atoms with Gasteiger partial charge in [-0.1, -0.05) is 30.3 Å². The molecule has 0 aliphatic heterocycles. The zero-order valence-electron chi connectivity index (χ0n) is 14.1. The summed E-state index contributed by atoms with van der Waals surface area (Å²) in [5, 5.41) is 37.6. The molecule has 2 aromatic carbocycles. The Morgan fingerprint density at radius 2 is 1.48 bits per heavy atom. The Bertz CT molecular complexity index is 796. The summed E-state index contributed by atoms with van der Waals surface area (Å²) in [6.07, 6.45) is 5.00. The van der Waals surface area contributed by atoms with Crippen molar-refractivity contribution in [1.29, 1.82) is 0 Å². The van der Waals surface area contributed by atoms with Crippen molar-refractivity contribution in [3.63, 3.8) is 0 Å². The second-order valence-corrected chi connectivity index (χ2v) is 5.75. The van der Waals surface area contributed by atoms with Crippen LogP contribution in [0.5, 0.6) is 11.5 Å². The van der Waals surface area contributed by atoms with Crippen LogP contribution in [-0.2, 0) is 12.8 Å². The third kappa shape index (κ3) is 5.02. The van der Waals surface area contributed by atoms with E-state index in [0.29, 0.717) is 29.5 Å².